The van der Waals surface area contributed by atoms with Crippen LogP contribution < -0.4 is 10.2 Å². The summed E-state index contributed by atoms with van der Waals surface area (Å²) >= 11 is 0. The molecule has 1 aromatic carbocycles. The number of nitrogens with zero attached hydrogens (tertiary/aromatic N) is 5. The number of aromatic nitrogens is 4. The molecule has 9 heteroatoms. The van der Waals surface area contributed by atoms with Crippen LogP contribution in [0, 0.1) is 17.6 Å². The van der Waals surface area contributed by atoms with Gasteiger partial charge >= 0.3 is 0 Å². The minimum Gasteiger partial charge on any atom is -0.351 e. The number of benzene rings is 1. The molecule has 6 nitrogen and oxygen atoms in total. The molecule has 30 heavy (non-hydrogen) atoms. The van der Waals surface area contributed by atoms with Gasteiger partial charge in [-0.15, -0.1) is 0 Å². The second-order valence-electron chi connectivity index (χ2n) is 6.95. The molecule has 0 bridgehead atoms. The highest BCUT2D eigenvalue weighted by molar-refractivity contribution is 5.89. The van der Waals surface area contributed by atoms with Crippen molar-refractivity contribution in [3.8, 4) is 0 Å². The monoisotopic (exact) mass is 408 g/mol. The number of hydrogen-bond donors (Lipinski definition) is 1. The Labute approximate surface area is 169 Å². The Hall–Kier alpha value is -3.75. The summed E-state index contributed by atoms with van der Waals surface area (Å²) in [6.07, 6.45) is 5.03. The number of nitrogens with one attached hydrogen (secondary N) is 1. The van der Waals surface area contributed by atoms with Gasteiger partial charge in [0.2, 0.25) is 5.95 Å². The Morgan fingerprint density at radius 3 is 2.70 bits per heavy atom. The third kappa shape index (κ3) is 3.28. The van der Waals surface area contributed by atoms with Crippen molar-refractivity contribution in [2.24, 2.45) is 0 Å². The molecule has 0 saturated heterocycles. The Kier molecular flexibility index (Phi) is 4.42. The highest BCUT2D eigenvalue weighted by atomic mass is 19.2. The number of pyridine rings is 2. The Bertz CT molecular complexity index is 1260. The van der Waals surface area contributed by atoms with Crippen LogP contribution in [0.3, 0.4) is 0 Å². The van der Waals surface area contributed by atoms with Crippen LogP contribution in [0.2, 0.25) is 0 Å². The molecule has 0 aliphatic carbocycles. The lowest BCUT2D eigenvalue weighted by Crippen LogP contribution is -2.32. The largest absolute Gasteiger partial charge is 0.351 e. The van der Waals surface area contributed by atoms with E-state index in [1.165, 1.54) is 12.5 Å². The van der Waals surface area contributed by atoms with Gasteiger partial charge in [-0.3, -0.25) is 4.98 Å². The molecular formula is C21H15F3N6. The maximum absolute atomic E-state index is 13.8. The van der Waals surface area contributed by atoms with Crippen LogP contribution in [0.25, 0.3) is 10.9 Å². The smallest absolute Gasteiger partial charge is 0.236 e. The fourth-order valence-corrected chi connectivity index (χ4v) is 3.60. The summed E-state index contributed by atoms with van der Waals surface area (Å²) in [6, 6.07) is 7.32. The predicted molar refractivity (Wildman–Crippen MR) is 106 cm³/mol. The lowest BCUT2D eigenvalue weighted by atomic mass is 10.0. The molecule has 1 aliphatic heterocycles. The molecule has 0 spiro atoms. The van der Waals surface area contributed by atoms with Gasteiger partial charge in [0, 0.05) is 42.9 Å². The van der Waals surface area contributed by atoms with Gasteiger partial charge in [0.1, 0.15) is 12.1 Å². The normalized spacial score (nSPS) is 13.4. The van der Waals surface area contributed by atoms with Crippen LogP contribution in [0.1, 0.15) is 11.3 Å². The van der Waals surface area contributed by atoms with E-state index in [9.17, 15) is 13.2 Å². The van der Waals surface area contributed by atoms with Gasteiger partial charge in [0.15, 0.2) is 11.6 Å². The zero-order chi connectivity index (χ0) is 20.7. The van der Waals surface area contributed by atoms with Crippen molar-refractivity contribution in [3.05, 3.63) is 77.9 Å². The molecule has 150 valence electrons. The lowest BCUT2D eigenvalue weighted by Gasteiger charge is -2.30. The highest BCUT2D eigenvalue weighted by Gasteiger charge is 2.22. The second kappa shape index (κ2) is 7.25. The van der Waals surface area contributed by atoms with E-state index in [1.54, 1.807) is 18.3 Å². The van der Waals surface area contributed by atoms with Crippen molar-refractivity contribution in [2.75, 3.05) is 16.8 Å². The fourth-order valence-electron chi connectivity index (χ4n) is 3.60. The van der Waals surface area contributed by atoms with Gasteiger partial charge in [-0.25, -0.2) is 23.7 Å². The summed E-state index contributed by atoms with van der Waals surface area (Å²) in [5.41, 5.74) is 3.09. The minimum absolute atomic E-state index is 0.256. The average Bonchev–Trinajstić information content (AvgIpc) is 2.75. The molecule has 0 saturated carbocycles. The van der Waals surface area contributed by atoms with E-state index in [2.05, 4.69) is 25.3 Å². The molecule has 1 aliphatic rings. The van der Waals surface area contributed by atoms with E-state index < -0.39 is 17.6 Å². The molecular weight excluding hydrogens is 393 g/mol. The van der Waals surface area contributed by atoms with E-state index in [0.29, 0.717) is 41.9 Å². The van der Waals surface area contributed by atoms with Crippen LogP contribution in [-0.2, 0) is 13.0 Å². The lowest BCUT2D eigenvalue weighted by molar-refractivity contribution is 0.510. The van der Waals surface area contributed by atoms with Crippen LogP contribution >= 0.6 is 0 Å². The first kappa shape index (κ1) is 18.3. The topological polar surface area (TPSA) is 66.8 Å². The Morgan fingerprint density at radius 2 is 1.83 bits per heavy atom. The summed E-state index contributed by atoms with van der Waals surface area (Å²) in [5, 5.41) is 3.43. The van der Waals surface area contributed by atoms with Crippen molar-refractivity contribution < 1.29 is 13.2 Å². The number of hydrogen-bond acceptors (Lipinski definition) is 6. The molecule has 1 N–H and O–H groups in total. The second-order valence-corrected chi connectivity index (χ2v) is 6.95. The molecule has 3 aromatic heterocycles. The molecule has 0 amide bonds. The molecule has 5 rings (SSSR count). The number of fused-ring (bicyclic) bond motifs is 2. The maximum Gasteiger partial charge on any atom is 0.236 e. The molecule has 4 heterocycles. The van der Waals surface area contributed by atoms with Gasteiger partial charge in [-0.2, -0.15) is 4.39 Å². The average molecular weight is 408 g/mol. The van der Waals surface area contributed by atoms with Crippen molar-refractivity contribution in [1.29, 1.82) is 0 Å². The summed E-state index contributed by atoms with van der Waals surface area (Å²) in [7, 11) is 0. The number of halogens is 3. The third-order valence-electron chi connectivity index (χ3n) is 5.03. The number of anilines is 3. The zero-order valence-corrected chi connectivity index (χ0v) is 15.6. The molecule has 0 fully saturated rings. The first-order chi connectivity index (χ1) is 14.6. The van der Waals surface area contributed by atoms with Crippen molar-refractivity contribution in [1.82, 2.24) is 19.9 Å². The molecule has 4 aromatic rings. The van der Waals surface area contributed by atoms with E-state index in [0.717, 1.165) is 23.4 Å². The summed E-state index contributed by atoms with van der Waals surface area (Å²) in [4.78, 5) is 18.4. The SMILES string of the molecule is Fc1cc2ncnc(N3CCc4ncc(Nc5cccnc5F)cc4C3)c2cc1F. The van der Waals surface area contributed by atoms with E-state index >= 15 is 0 Å². The van der Waals surface area contributed by atoms with Gasteiger partial charge in [0.05, 0.1) is 23.1 Å². The summed E-state index contributed by atoms with van der Waals surface area (Å²) in [5.74, 6) is -1.96. The summed E-state index contributed by atoms with van der Waals surface area (Å²) in [6.45, 7) is 1.09. The van der Waals surface area contributed by atoms with E-state index in [1.807, 2.05) is 11.0 Å². The minimum atomic E-state index is -0.946. The van der Waals surface area contributed by atoms with Gasteiger partial charge in [-0.05, 0) is 29.8 Å². The van der Waals surface area contributed by atoms with Gasteiger partial charge in [0.25, 0.3) is 0 Å². The summed E-state index contributed by atoms with van der Waals surface area (Å²) < 4.78 is 41.2. The first-order valence-corrected chi connectivity index (χ1v) is 9.28. The van der Waals surface area contributed by atoms with E-state index in [4.69, 9.17) is 0 Å². The third-order valence-corrected chi connectivity index (χ3v) is 5.03. The van der Waals surface area contributed by atoms with Crippen molar-refractivity contribution in [3.63, 3.8) is 0 Å². The van der Waals surface area contributed by atoms with Gasteiger partial charge < -0.3 is 10.2 Å². The standard InChI is InChI=1S/C21H15F3N6/c22-15-7-14-19(8-16(15)23)27-11-28-21(14)30-5-3-17-12(10-30)6-13(9-26-17)29-18-2-1-4-25-20(18)24/h1-2,4,6-9,11,29H,3,5,10H2. The Morgan fingerprint density at radius 1 is 0.967 bits per heavy atom. The van der Waals surface area contributed by atoms with Gasteiger partial charge in [-0.1, -0.05) is 0 Å². The van der Waals surface area contributed by atoms with Crippen LogP contribution in [-0.4, -0.2) is 26.5 Å². The number of rotatable bonds is 3. The molecule has 0 radical (unpaired) electrons. The fraction of sp³-hybridized carbons (Fsp3) is 0.143. The molecule has 0 atom stereocenters. The van der Waals surface area contributed by atoms with Crippen molar-refractivity contribution >= 4 is 28.1 Å². The van der Waals surface area contributed by atoms with Crippen LogP contribution in [0.5, 0.6) is 0 Å². The first-order valence-electron chi connectivity index (χ1n) is 9.28. The van der Waals surface area contributed by atoms with Crippen LogP contribution in [0.4, 0.5) is 30.4 Å². The van der Waals surface area contributed by atoms with Crippen LogP contribution in [0.15, 0.2) is 49.1 Å². The van der Waals surface area contributed by atoms with Crippen molar-refractivity contribution in [2.45, 2.75) is 13.0 Å². The molecule has 0 unspecified atom stereocenters. The Balaban J connectivity index is 1.47. The van der Waals surface area contributed by atoms with E-state index in [-0.39, 0.29) is 5.69 Å². The predicted octanol–water partition coefficient (Wildman–Crippen LogP) is 4.14. The maximum atomic E-state index is 13.8. The highest BCUT2D eigenvalue weighted by Crippen LogP contribution is 2.30. The quantitative estimate of drug-likeness (QED) is 0.514. The zero-order valence-electron chi connectivity index (χ0n) is 15.6.